The first-order valence-electron chi connectivity index (χ1n) is 4.61. The van der Waals surface area contributed by atoms with Crippen LogP contribution in [-0.4, -0.2) is 24.5 Å². The van der Waals surface area contributed by atoms with Crippen molar-refractivity contribution in [2.75, 3.05) is 19.6 Å². The molecule has 0 saturated carbocycles. The van der Waals surface area contributed by atoms with E-state index in [0.717, 1.165) is 21.9 Å². The number of hydrogen-bond donors (Lipinski definition) is 1. The zero-order chi connectivity index (χ0) is 10.1. The van der Waals surface area contributed by atoms with Crippen LogP contribution in [0.25, 0.3) is 0 Å². The SMILES string of the molecule is NCC(c1cc(Br)c(Cl)s1)N1CCC1. The van der Waals surface area contributed by atoms with Crippen LogP contribution in [0.4, 0.5) is 0 Å². The minimum absolute atomic E-state index is 0.359. The van der Waals surface area contributed by atoms with Gasteiger partial charge in [-0.25, -0.2) is 0 Å². The summed E-state index contributed by atoms with van der Waals surface area (Å²) in [5, 5.41) is 0. The third-order valence-corrected chi connectivity index (χ3v) is 5.12. The first-order valence-corrected chi connectivity index (χ1v) is 6.60. The maximum absolute atomic E-state index is 6.01. The second-order valence-corrected chi connectivity index (χ2v) is 5.95. The minimum Gasteiger partial charge on any atom is -0.329 e. The van der Waals surface area contributed by atoms with E-state index in [4.69, 9.17) is 17.3 Å². The Morgan fingerprint density at radius 2 is 2.36 bits per heavy atom. The predicted molar refractivity (Wildman–Crippen MR) is 65.0 cm³/mol. The van der Waals surface area contributed by atoms with Crippen LogP contribution in [0.1, 0.15) is 17.3 Å². The van der Waals surface area contributed by atoms with Crippen LogP contribution < -0.4 is 5.73 Å². The van der Waals surface area contributed by atoms with Gasteiger partial charge in [-0.1, -0.05) is 11.6 Å². The highest BCUT2D eigenvalue weighted by atomic mass is 79.9. The molecule has 1 saturated heterocycles. The second-order valence-electron chi connectivity index (χ2n) is 3.41. The van der Waals surface area contributed by atoms with Crippen LogP contribution >= 0.6 is 38.9 Å². The minimum atomic E-state index is 0.359. The van der Waals surface area contributed by atoms with Crippen LogP contribution in [0.15, 0.2) is 10.5 Å². The van der Waals surface area contributed by atoms with Crippen molar-refractivity contribution in [3.8, 4) is 0 Å². The van der Waals surface area contributed by atoms with E-state index in [1.807, 2.05) is 0 Å². The maximum atomic E-state index is 6.01. The van der Waals surface area contributed by atoms with Gasteiger partial charge in [-0.2, -0.15) is 0 Å². The molecule has 0 spiro atoms. The monoisotopic (exact) mass is 294 g/mol. The Morgan fingerprint density at radius 1 is 1.64 bits per heavy atom. The predicted octanol–water partition coefficient (Wildman–Crippen LogP) is 2.87. The lowest BCUT2D eigenvalue weighted by Gasteiger charge is -2.37. The molecule has 0 aliphatic carbocycles. The summed E-state index contributed by atoms with van der Waals surface area (Å²) in [6.07, 6.45) is 1.29. The average Bonchev–Trinajstić information content (AvgIpc) is 2.39. The Kier molecular flexibility index (Phi) is 3.50. The topological polar surface area (TPSA) is 29.3 Å². The lowest BCUT2D eigenvalue weighted by atomic mass is 10.1. The van der Waals surface area contributed by atoms with Gasteiger partial charge >= 0.3 is 0 Å². The highest BCUT2D eigenvalue weighted by Gasteiger charge is 2.25. The summed E-state index contributed by atoms with van der Waals surface area (Å²) in [4.78, 5) is 3.67. The first kappa shape index (κ1) is 10.9. The van der Waals surface area contributed by atoms with Gasteiger partial charge < -0.3 is 5.73 Å². The molecule has 78 valence electrons. The van der Waals surface area contributed by atoms with Crippen molar-refractivity contribution in [1.29, 1.82) is 0 Å². The summed E-state index contributed by atoms with van der Waals surface area (Å²) < 4.78 is 1.80. The van der Waals surface area contributed by atoms with Gasteiger partial charge in [-0.15, -0.1) is 11.3 Å². The molecular formula is C9H12BrClN2S. The van der Waals surface area contributed by atoms with Crippen molar-refractivity contribution in [2.24, 2.45) is 5.73 Å². The molecule has 2 heterocycles. The molecule has 0 amide bonds. The fourth-order valence-electron chi connectivity index (χ4n) is 1.63. The van der Waals surface area contributed by atoms with E-state index in [1.165, 1.54) is 11.3 Å². The van der Waals surface area contributed by atoms with Crippen LogP contribution in [0.2, 0.25) is 4.34 Å². The van der Waals surface area contributed by atoms with Crippen molar-refractivity contribution in [3.63, 3.8) is 0 Å². The molecule has 1 aromatic rings. The number of hydrogen-bond acceptors (Lipinski definition) is 3. The molecule has 1 aliphatic heterocycles. The molecule has 1 aromatic heterocycles. The highest BCUT2D eigenvalue weighted by molar-refractivity contribution is 9.10. The van der Waals surface area contributed by atoms with E-state index in [-0.39, 0.29) is 0 Å². The Morgan fingerprint density at radius 3 is 2.71 bits per heavy atom. The van der Waals surface area contributed by atoms with Crippen molar-refractivity contribution in [3.05, 3.63) is 19.8 Å². The summed E-state index contributed by atoms with van der Waals surface area (Å²) in [5.74, 6) is 0. The summed E-state index contributed by atoms with van der Waals surface area (Å²) in [7, 11) is 0. The smallest absolute Gasteiger partial charge is 0.107 e. The number of thiophene rings is 1. The van der Waals surface area contributed by atoms with E-state index >= 15 is 0 Å². The molecule has 0 bridgehead atoms. The molecule has 1 atom stereocenters. The van der Waals surface area contributed by atoms with E-state index < -0.39 is 0 Å². The Bertz CT molecular complexity index is 305. The van der Waals surface area contributed by atoms with Crippen LogP contribution in [0.5, 0.6) is 0 Å². The van der Waals surface area contributed by atoms with E-state index in [0.29, 0.717) is 12.6 Å². The largest absolute Gasteiger partial charge is 0.329 e. The summed E-state index contributed by atoms with van der Waals surface area (Å²) in [6.45, 7) is 2.99. The summed E-state index contributed by atoms with van der Waals surface area (Å²) in [5.41, 5.74) is 5.78. The quantitative estimate of drug-likeness (QED) is 0.929. The normalized spacial score (nSPS) is 19.4. The van der Waals surface area contributed by atoms with Crippen LogP contribution in [0.3, 0.4) is 0 Å². The molecule has 0 aromatic carbocycles. The maximum Gasteiger partial charge on any atom is 0.107 e. The number of halogens is 2. The lowest BCUT2D eigenvalue weighted by molar-refractivity contribution is 0.124. The van der Waals surface area contributed by atoms with Crippen molar-refractivity contribution in [2.45, 2.75) is 12.5 Å². The van der Waals surface area contributed by atoms with Gasteiger partial charge in [0.2, 0.25) is 0 Å². The number of nitrogens with two attached hydrogens (primary N) is 1. The average molecular weight is 296 g/mol. The van der Waals surface area contributed by atoms with Crippen molar-refractivity contribution < 1.29 is 0 Å². The Balaban J connectivity index is 2.17. The molecule has 2 N–H and O–H groups in total. The van der Waals surface area contributed by atoms with Gasteiger partial charge in [0.1, 0.15) is 4.34 Å². The van der Waals surface area contributed by atoms with Crippen LogP contribution in [-0.2, 0) is 0 Å². The zero-order valence-corrected chi connectivity index (χ0v) is 10.8. The van der Waals surface area contributed by atoms with E-state index in [9.17, 15) is 0 Å². The van der Waals surface area contributed by atoms with Gasteiger partial charge in [0.05, 0.1) is 6.04 Å². The van der Waals surface area contributed by atoms with Gasteiger partial charge in [0.25, 0.3) is 0 Å². The number of rotatable bonds is 3. The van der Waals surface area contributed by atoms with E-state index in [2.05, 4.69) is 26.9 Å². The molecule has 1 fully saturated rings. The van der Waals surface area contributed by atoms with Crippen molar-refractivity contribution >= 4 is 38.9 Å². The molecule has 5 heteroatoms. The first-order chi connectivity index (χ1) is 6.72. The summed E-state index contributed by atoms with van der Waals surface area (Å²) >= 11 is 11.1. The Hall–Kier alpha value is 0.390. The van der Waals surface area contributed by atoms with Crippen LogP contribution in [0, 0.1) is 0 Å². The standard InChI is InChI=1S/C9H12BrClN2S/c10-6-4-8(14-9(6)11)7(5-12)13-2-1-3-13/h4,7H,1-3,5,12H2. The molecule has 2 rings (SSSR count). The summed E-state index contributed by atoms with van der Waals surface area (Å²) in [6, 6.07) is 2.44. The fraction of sp³-hybridized carbons (Fsp3) is 0.556. The van der Waals surface area contributed by atoms with Gasteiger partial charge in [-0.05, 0) is 28.4 Å². The zero-order valence-electron chi connectivity index (χ0n) is 7.67. The number of nitrogens with zero attached hydrogens (tertiary/aromatic N) is 1. The van der Waals surface area contributed by atoms with Gasteiger partial charge in [0, 0.05) is 29.0 Å². The van der Waals surface area contributed by atoms with Crippen molar-refractivity contribution in [1.82, 2.24) is 4.90 Å². The molecule has 1 unspecified atom stereocenters. The molecule has 1 aliphatic rings. The molecule has 0 radical (unpaired) electrons. The highest BCUT2D eigenvalue weighted by Crippen LogP contribution is 2.37. The fourth-order valence-corrected chi connectivity index (χ4v) is 3.51. The molecule has 14 heavy (non-hydrogen) atoms. The van der Waals surface area contributed by atoms with Gasteiger partial charge in [0.15, 0.2) is 0 Å². The molecular weight excluding hydrogens is 284 g/mol. The van der Waals surface area contributed by atoms with E-state index in [1.54, 1.807) is 11.3 Å². The molecule has 2 nitrogen and oxygen atoms in total. The second kappa shape index (κ2) is 4.49. The third-order valence-electron chi connectivity index (χ3n) is 2.55. The van der Waals surface area contributed by atoms with Gasteiger partial charge in [-0.3, -0.25) is 4.90 Å². The number of likely N-dealkylation sites (tertiary alicyclic amines) is 1. The third kappa shape index (κ3) is 1.99. The Labute approximate surface area is 101 Å². The lowest BCUT2D eigenvalue weighted by Crippen LogP contribution is -2.42.